The largest absolute Gasteiger partial charge is 0.368 e. The van der Waals surface area contributed by atoms with Crippen LogP contribution < -0.4 is 0 Å². The number of hydrogen-bond acceptors (Lipinski definition) is 3. The number of H-pyrrole nitrogens is 1. The summed E-state index contributed by atoms with van der Waals surface area (Å²) in [6, 6.07) is 8.36. The predicted molar refractivity (Wildman–Crippen MR) is 80.2 cm³/mol. The molecule has 0 aliphatic rings. The summed E-state index contributed by atoms with van der Waals surface area (Å²) in [7, 11) is 1.81. The maximum absolute atomic E-state index is 11.5. The van der Waals surface area contributed by atoms with Crippen LogP contribution in [0.3, 0.4) is 0 Å². The standard InChI is InChI=1S/C16H22N2O2/c1-4-7-16(19)20-18(3)12(2)10-13-11-17-15-9-6-5-8-14(13)15/h5-6,8-9,11-12,17H,4,7,10H2,1-3H3. The Morgan fingerprint density at radius 3 is 2.90 bits per heavy atom. The van der Waals surface area contributed by atoms with Crippen LogP contribution in [0.1, 0.15) is 32.3 Å². The van der Waals surface area contributed by atoms with Crippen molar-refractivity contribution in [1.82, 2.24) is 10.0 Å². The molecule has 1 aromatic carbocycles. The van der Waals surface area contributed by atoms with Crippen LogP contribution in [-0.2, 0) is 16.1 Å². The average molecular weight is 274 g/mol. The minimum Gasteiger partial charge on any atom is -0.368 e. The van der Waals surface area contributed by atoms with Crippen molar-refractivity contribution < 1.29 is 9.63 Å². The summed E-state index contributed by atoms with van der Waals surface area (Å²) < 4.78 is 0. The lowest BCUT2D eigenvalue weighted by Gasteiger charge is -2.23. The maximum Gasteiger partial charge on any atom is 0.325 e. The van der Waals surface area contributed by atoms with Gasteiger partial charge in [0.05, 0.1) is 0 Å². The second-order valence-electron chi connectivity index (χ2n) is 5.17. The van der Waals surface area contributed by atoms with Crippen molar-refractivity contribution in [2.75, 3.05) is 7.05 Å². The van der Waals surface area contributed by atoms with Gasteiger partial charge in [0.25, 0.3) is 0 Å². The van der Waals surface area contributed by atoms with Crippen LogP contribution in [-0.4, -0.2) is 29.1 Å². The van der Waals surface area contributed by atoms with Gasteiger partial charge in [0.15, 0.2) is 0 Å². The highest BCUT2D eigenvalue weighted by Crippen LogP contribution is 2.20. The fraction of sp³-hybridized carbons (Fsp3) is 0.438. The Balaban J connectivity index is 2.00. The van der Waals surface area contributed by atoms with Crippen LogP contribution in [0.4, 0.5) is 0 Å². The van der Waals surface area contributed by atoms with Crippen LogP contribution in [0.2, 0.25) is 0 Å². The molecule has 0 aliphatic carbocycles. The van der Waals surface area contributed by atoms with Crippen molar-refractivity contribution in [1.29, 1.82) is 0 Å². The van der Waals surface area contributed by atoms with E-state index in [0.29, 0.717) is 6.42 Å². The number of nitrogens with zero attached hydrogens (tertiary/aromatic N) is 1. The lowest BCUT2D eigenvalue weighted by Crippen LogP contribution is -2.33. The van der Waals surface area contributed by atoms with E-state index in [2.05, 4.69) is 24.0 Å². The molecule has 0 fully saturated rings. The Hall–Kier alpha value is -1.81. The van der Waals surface area contributed by atoms with Crippen LogP contribution in [0.5, 0.6) is 0 Å². The van der Waals surface area contributed by atoms with Gasteiger partial charge in [0.1, 0.15) is 0 Å². The zero-order chi connectivity index (χ0) is 14.5. The Kier molecular flexibility index (Phi) is 4.79. The molecule has 4 nitrogen and oxygen atoms in total. The Morgan fingerprint density at radius 2 is 2.15 bits per heavy atom. The molecule has 0 radical (unpaired) electrons. The molecule has 1 N–H and O–H groups in total. The number of hydrogen-bond donors (Lipinski definition) is 1. The maximum atomic E-state index is 11.5. The number of aromatic amines is 1. The Bertz CT molecular complexity index is 577. The summed E-state index contributed by atoms with van der Waals surface area (Å²) in [5.74, 6) is -0.166. The lowest BCUT2D eigenvalue weighted by atomic mass is 10.1. The first-order chi connectivity index (χ1) is 9.61. The minimum absolute atomic E-state index is 0.134. The Labute approximate surface area is 119 Å². The van der Waals surface area contributed by atoms with E-state index >= 15 is 0 Å². The molecule has 0 amide bonds. The molecule has 1 unspecified atom stereocenters. The zero-order valence-corrected chi connectivity index (χ0v) is 12.3. The zero-order valence-electron chi connectivity index (χ0n) is 12.3. The number of carbonyl (C=O) groups excluding carboxylic acids is 1. The highest BCUT2D eigenvalue weighted by molar-refractivity contribution is 5.83. The third kappa shape index (κ3) is 3.39. The van der Waals surface area contributed by atoms with Gasteiger partial charge < -0.3 is 9.82 Å². The van der Waals surface area contributed by atoms with Gasteiger partial charge >= 0.3 is 5.97 Å². The quantitative estimate of drug-likeness (QED) is 0.822. The molecule has 1 atom stereocenters. The lowest BCUT2D eigenvalue weighted by molar-refractivity contribution is -0.192. The van der Waals surface area contributed by atoms with Crippen molar-refractivity contribution in [3.8, 4) is 0 Å². The smallest absolute Gasteiger partial charge is 0.325 e. The number of likely N-dealkylation sites (N-methyl/N-ethyl adjacent to an activating group) is 1. The molecule has 4 heteroatoms. The van der Waals surface area contributed by atoms with Gasteiger partial charge in [0.2, 0.25) is 0 Å². The normalized spacial score (nSPS) is 12.8. The summed E-state index contributed by atoms with van der Waals surface area (Å²) in [5.41, 5.74) is 2.38. The van der Waals surface area contributed by atoms with Gasteiger partial charge in [-0.3, -0.25) is 4.79 Å². The van der Waals surface area contributed by atoms with E-state index in [9.17, 15) is 4.79 Å². The van der Waals surface area contributed by atoms with Crippen LogP contribution in [0, 0.1) is 0 Å². The first-order valence-electron chi connectivity index (χ1n) is 7.10. The Morgan fingerprint density at radius 1 is 1.40 bits per heavy atom. The molecule has 0 saturated heterocycles. The number of para-hydroxylation sites is 1. The van der Waals surface area contributed by atoms with E-state index in [0.717, 1.165) is 18.4 Å². The van der Waals surface area contributed by atoms with E-state index < -0.39 is 0 Å². The molecular weight excluding hydrogens is 252 g/mol. The fourth-order valence-corrected chi connectivity index (χ4v) is 2.25. The number of aromatic nitrogens is 1. The number of benzene rings is 1. The van der Waals surface area contributed by atoms with E-state index in [1.807, 2.05) is 32.3 Å². The van der Waals surface area contributed by atoms with Crippen LogP contribution in [0.25, 0.3) is 10.9 Å². The first kappa shape index (κ1) is 14.6. The van der Waals surface area contributed by atoms with E-state index in [4.69, 9.17) is 4.84 Å². The summed E-state index contributed by atoms with van der Waals surface area (Å²) in [4.78, 5) is 20.1. The molecule has 1 aromatic heterocycles. The SMILES string of the molecule is CCCC(=O)ON(C)C(C)Cc1c[nH]c2ccccc12. The molecule has 0 spiro atoms. The summed E-state index contributed by atoms with van der Waals surface area (Å²) >= 11 is 0. The number of nitrogens with one attached hydrogen (secondary N) is 1. The second-order valence-corrected chi connectivity index (χ2v) is 5.17. The summed E-state index contributed by atoms with van der Waals surface area (Å²) in [6.07, 6.45) is 4.14. The number of hydroxylamine groups is 2. The van der Waals surface area contributed by atoms with Gasteiger partial charge in [-0.1, -0.05) is 25.1 Å². The first-order valence-corrected chi connectivity index (χ1v) is 7.10. The van der Waals surface area contributed by atoms with Crippen molar-refractivity contribution in [2.45, 2.75) is 39.2 Å². The van der Waals surface area contributed by atoms with Gasteiger partial charge in [-0.15, -0.1) is 5.06 Å². The van der Waals surface area contributed by atoms with Crippen molar-refractivity contribution in [3.63, 3.8) is 0 Å². The predicted octanol–water partition coefficient (Wildman–Crippen LogP) is 3.29. The minimum atomic E-state index is -0.166. The van der Waals surface area contributed by atoms with Crippen molar-refractivity contribution >= 4 is 16.9 Å². The number of fused-ring (bicyclic) bond motifs is 1. The van der Waals surface area contributed by atoms with Crippen LogP contribution >= 0.6 is 0 Å². The van der Waals surface area contributed by atoms with Crippen molar-refractivity contribution in [3.05, 3.63) is 36.0 Å². The van der Waals surface area contributed by atoms with Gasteiger partial charge in [0, 0.05) is 36.6 Å². The second kappa shape index (κ2) is 6.57. The third-order valence-corrected chi connectivity index (χ3v) is 3.51. The molecule has 0 saturated carbocycles. The van der Waals surface area contributed by atoms with Gasteiger partial charge in [-0.2, -0.15) is 0 Å². The third-order valence-electron chi connectivity index (χ3n) is 3.51. The molecule has 2 aromatic rings. The number of carbonyl (C=O) groups is 1. The molecule has 108 valence electrons. The molecule has 1 heterocycles. The highest BCUT2D eigenvalue weighted by Gasteiger charge is 2.16. The van der Waals surface area contributed by atoms with E-state index in [1.54, 1.807) is 5.06 Å². The fourth-order valence-electron chi connectivity index (χ4n) is 2.25. The molecule has 2 rings (SSSR count). The molecular formula is C16H22N2O2. The van der Waals surface area contributed by atoms with Gasteiger partial charge in [-0.05, 0) is 31.4 Å². The molecule has 0 bridgehead atoms. The summed E-state index contributed by atoms with van der Waals surface area (Å²) in [5, 5.41) is 2.88. The van der Waals surface area contributed by atoms with E-state index in [-0.39, 0.29) is 12.0 Å². The summed E-state index contributed by atoms with van der Waals surface area (Å²) in [6.45, 7) is 4.03. The average Bonchev–Trinajstić information content (AvgIpc) is 2.82. The van der Waals surface area contributed by atoms with Crippen molar-refractivity contribution in [2.24, 2.45) is 0 Å². The molecule has 0 aliphatic heterocycles. The highest BCUT2D eigenvalue weighted by atomic mass is 16.7. The number of rotatable bonds is 6. The monoisotopic (exact) mass is 274 g/mol. The topological polar surface area (TPSA) is 45.3 Å². The van der Waals surface area contributed by atoms with Gasteiger partial charge in [-0.25, -0.2) is 0 Å². The van der Waals surface area contributed by atoms with Crippen LogP contribution in [0.15, 0.2) is 30.5 Å². The molecule has 20 heavy (non-hydrogen) atoms. The van der Waals surface area contributed by atoms with E-state index in [1.165, 1.54) is 10.9 Å².